The molecule has 1 atom stereocenters. The van der Waals surface area contributed by atoms with Gasteiger partial charge < -0.3 is 19.9 Å². The van der Waals surface area contributed by atoms with Crippen molar-refractivity contribution in [2.75, 3.05) is 20.3 Å². The molecule has 2 aromatic carbocycles. The van der Waals surface area contributed by atoms with Crippen LogP contribution < -0.4 is 14.8 Å². The lowest BCUT2D eigenvalue weighted by atomic mass is 9.94. The average molecular weight is 651 g/mol. The second-order valence-electron chi connectivity index (χ2n) is 10.0. The predicted octanol–water partition coefficient (Wildman–Crippen LogP) is 6.23. The number of aliphatic hydroxyl groups is 1. The Morgan fingerprint density at radius 2 is 1.98 bits per heavy atom. The first kappa shape index (κ1) is 29.8. The fourth-order valence-electron chi connectivity index (χ4n) is 4.65. The summed E-state index contributed by atoms with van der Waals surface area (Å²) < 4.78 is 71.5. The van der Waals surface area contributed by atoms with Gasteiger partial charge in [0, 0.05) is 22.7 Å². The maximum atomic E-state index is 15.1. The number of aromatic nitrogens is 3. The fourth-order valence-corrected chi connectivity index (χ4v) is 5.02. The molecule has 2 N–H and O–H groups in total. The van der Waals surface area contributed by atoms with Crippen LogP contribution in [0.15, 0.2) is 47.1 Å². The number of hydrogen-bond acceptors (Lipinski definition) is 6. The van der Waals surface area contributed by atoms with Gasteiger partial charge in [-0.3, -0.25) is 9.48 Å². The van der Waals surface area contributed by atoms with Crippen LogP contribution >= 0.6 is 15.9 Å². The van der Waals surface area contributed by atoms with E-state index in [1.807, 2.05) is 0 Å². The van der Waals surface area contributed by atoms with Crippen LogP contribution in [-0.2, 0) is 5.60 Å². The summed E-state index contributed by atoms with van der Waals surface area (Å²) in [6.07, 6.45) is -1.55. The number of hydrogen-bond donors (Lipinski definition) is 2. The Bertz CT molecular complexity index is 1670. The topological polar surface area (TPSA) is 98.5 Å². The van der Waals surface area contributed by atoms with Crippen LogP contribution in [0.4, 0.5) is 17.6 Å². The Morgan fingerprint density at radius 3 is 2.62 bits per heavy atom. The molecule has 0 saturated heterocycles. The fraction of sp³-hybridized carbons (Fsp3) is 0.345. The molecule has 0 bridgehead atoms. The second-order valence-corrected chi connectivity index (χ2v) is 10.9. The molecule has 1 saturated carbocycles. The summed E-state index contributed by atoms with van der Waals surface area (Å²) in [4.78, 5) is 17.2. The van der Waals surface area contributed by atoms with Gasteiger partial charge in [-0.2, -0.15) is 18.3 Å². The first-order chi connectivity index (χ1) is 19.9. The molecule has 1 aliphatic rings. The van der Waals surface area contributed by atoms with Gasteiger partial charge in [0.05, 0.1) is 36.5 Å². The van der Waals surface area contributed by atoms with Crippen molar-refractivity contribution in [3.8, 4) is 22.8 Å². The van der Waals surface area contributed by atoms with E-state index in [1.54, 1.807) is 17.8 Å². The number of nitrogens with zero attached hydrogens (tertiary/aromatic N) is 3. The number of carbonyl (C=O) groups excluding carboxylic acids is 1. The van der Waals surface area contributed by atoms with Crippen LogP contribution in [0.2, 0.25) is 0 Å². The minimum Gasteiger partial charge on any atom is -0.494 e. The van der Waals surface area contributed by atoms with Crippen molar-refractivity contribution in [3.05, 3.63) is 69.7 Å². The summed E-state index contributed by atoms with van der Waals surface area (Å²) in [5, 5.41) is 18.4. The number of carbonyl (C=O) groups is 1. The van der Waals surface area contributed by atoms with E-state index in [0.717, 1.165) is 18.9 Å². The molecule has 0 radical (unpaired) electrons. The van der Waals surface area contributed by atoms with Gasteiger partial charge in [-0.15, -0.1) is 0 Å². The number of ether oxygens (including phenoxy) is 2. The normalized spacial score (nSPS) is 15.0. The van der Waals surface area contributed by atoms with Gasteiger partial charge in [0.15, 0.2) is 0 Å². The second kappa shape index (κ2) is 11.2. The zero-order chi connectivity index (χ0) is 30.4. The summed E-state index contributed by atoms with van der Waals surface area (Å²) in [6.45, 7) is 2.00. The number of rotatable bonds is 9. The lowest BCUT2D eigenvalue weighted by molar-refractivity contribution is -0.265. The van der Waals surface area contributed by atoms with Crippen LogP contribution in [0.5, 0.6) is 11.5 Å². The van der Waals surface area contributed by atoms with E-state index in [2.05, 4.69) is 31.3 Å². The molecule has 1 aliphatic carbocycles. The first-order valence-corrected chi connectivity index (χ1v) is 13.9. The molecular formula is C29H27BrF4N4O4. The molecule has 13 heteroatoms. The Morgan fingerprint density at radius 1 is 1.24 bits per heavy atom. The summed E-state index contributed by atoms with van der Waals surface area (Å²) in [6, 6.07) is 8.43. The Labute approximate surface area is 246 Å². The van der Waals surface area contributed by atoms with E-state index in [1.165, 1.54) is 44.4 Å². The maximum Gasteiger partial charge on any atom is 0.424 e. The highest BCUT2D eigenvalue weighted by Gasteiger charge is 2.56. The van der Waals surface area contributed by atoms with Crippen molar-refractivity contribution in [1.29, 1.82) is 0 Å². The van der Waals surface area contributed by atoms with E-state index in [0.29, 0.717) is 10.9 Å². The molecule has 0 aliphatic heterocycles. The van der Waals surface area contributed by atoms with Gasteiger partial charge in [0.25, 0.3) is 5.91 Å². The molecule has 2 aromatic heterocycles. The zero-order valence-corrected chi connectivity index (χ0v) is 24.4. The third-order valence-electron chi connectivity index (χ3n) is 7.05. The number of halogens is 5. The van der Waals surface area contributed by atoms with E-state index in [-0.39, 0.29) is 51.0 Å². The van der Waals surface area contributed by atoms with Crippen molar-refractivity contribution in [2.45, 2.75) is 44.5 Å². The van der Waals surface area contributed by atoms with Crippen LogP contribution in [0.1, 0.15) is 47.4 Å². The third-order valence-corrected chi connectivity index (χ3v) is 7.66. The van der Waals surface area contributed by atoms with Crippen molar-refractivity contribution >= 4 is 32.7 Å². The number of nitrogens with one attached hydrogen (secondary N) is 1. The molecule has 1 amide bonds. The lowest BCUT2D eigenvalue weighted by Crippen LogP contribution is -2.51. The third kappa shape index (κ3) is 5.42. The van der Waals surface area contributed by atoms with Crippen molar-refractivity contribution < 1.29 is 36.9 Å². The van der Waals surface area contributed by atoms with Gasteiger partial charge in [0.2, 0.25) is 5.60 Å². The molecule has 1 fully saturated rings. The molecule has 0 unspecified atom stereocenters. The number of amides is 1. The Hall–Kier alpha value is -3.71. The highest BCUT2D eigenvalue weighted by molar-refractivity contribution is 9.10. The van der Waals surface area contributed by atoms with Gasteiger partial charge in [0.1, 0.15) is 28.5 Å². The van der Waals surface area contributed by atoms with Gasteiger partial charge in [-0.05, 0) is 78.5 Å². The smallest absolute Gasteiger partial charge is 0.424 e. The van der Waals surface area contributed by atoms with Crippen LogP contribution in [0.25, 0.3) is 22.2 Å². The quantitative estimate of drug-likeness (QED) is 0.208. The minimum absolute atomic E-state index is 0.0203. The largest absolute Gasteiger partial charge is 0.494 e. The van der Waals surface area contributed by atoms with Gasteiger partial charge in [-0.1, -0.05) is 6.07 Å². The highest BCUT2D eigenvalue weighted by atomic mass is 79.9. The lowest BCUT2D eigenvalue weighted by Gasteiger charge is -2.31. The molecule has 0 spiro atoms. The number of benzene rings is 2. The Balaban J connectivity index is 1.52. The summed E-state index contributed by atoms with van der Waals surface area (Å²) in [5.74, 6) is -1.29. The molecule has 4 aromatic rings. The van der Waals surface area contributed by atoms with Crippen molar-refractivity contribution in [2.24, 2.45) is 0 Å². The van der Waals surface area contributed by atoms with E-state index in [9.17, 15) is 23.1 Å². The van der Waals surface area contributed by atoms with Gasteiger partial charge in [-0.25, -0.2) is 9.37 Å². The molecule has 222 valence electrons. The summed E-state index contributed by atoms with van der Waals surface area (Å²) >= 11 is 3.08. The van der Waals surface area contributed by atoms with Crippen molar-refractivity contribution in [1.82, 2.24) is 20.1 Å². The summed E-state index contributed by atoms with van der Waals surface area (Å²) in [7, 11) is 1.40. The number of alkyl halides is 3. The van der Waals surface area contributed by atoms with Crippen LogP contribution in [0, 0.1) is 12.7 Å². The molecule has 2 heterocycles. The number of aryl methyl sites for hydroxylation is 1. The summed E-state index contributed by atoms with van der Waals surface area (Å²) in [5.41, 5.74) is -4.07. The molecule has 8 nitrogen and oxygen atoms in total. The number of fused-ring (bicyclic) bond motifs is 1. The standard InChI is InChI=1S/C29H27BrF4N4O4/c1-4-42-26-15(2)10-22(36-25(26)19-6-5-7-20(30)23(19)31)28(40,29(32,33)34)14-35-27(39)16-11-17-13-38(18-8-9-18)37-24(17)21(12-16)41-3/h5-7,10-13,18,40H,4,8-9,14H2,1-3H3,(H,35,39)/t28-/m1/s1. The zero-order valence-electron chi connectivity index (χ0n) is 22.9. The van der Waals surface area contributed by atoms with E-state index >= 15 is 4.39 Å². The molecule has 5 rings (SSSR count). The number of methoxy groups -OCH3 is 1. The van der Waals surface area contributed by atoms with Gasteiger partial charge >= 0.3 is 6.18 Å². The highest BCUT2D eigenvalue weighted by Crippen LogP contribution is 2.43. The van der Waals surface area contributed by atoms with E-state index < -0.39 is 35.7 Å². The Kier molecular flexibility index (Phi) is 7.92. The maximum absolute atomic E-state index is 15.1. The SMILES string of the molecule is CCOc1c(C)cc([C@](O)(CNC(=O)c2cc(OC)c3nn(C4CC4)cc3c2)C(F)(F)F)nc1-c1cccc(Br)c1F. The predicted molar refractivity (Wildman–Crippen MR) is 150 cm³/mol. The molecule has 42 heavy (non-hydrogen) atoms. The van der Waals surface area contributed by atoms with Crippen molar-refractivity contribution in [3.63, 3.8) is 0 Å². The van der Waals surface area contributed by atoms with Crippen LogP contribution in [-0.4, -0.2) is 52.2 Å². The number of pyridine rings is 1. The first-order valence-electron chi connectivity index (χ1n) is 13.1. The van der Waals surface area contributed by atoms with E-state index in [4.69, 9.17) is 9.47 Å². The monoisotopic (exact) mass is 650 g/mol. The molecular weight excluding hydrogens is 624 g/mol. The minimum atomic E-state index is -5.27. The van der Waals surface area contributed by atoms with Crippen LogP contribution in [0.3, 0.4) is 0 Å². The average Bonchev–Trinajstić information content (AvgIpc) is 3.71.